The Balaban J connectivity index is 1.51. The average Bonchev–Trinajstić information content (AvgIpc) is 3.08. The second-order valence-electron chi connectivity index (χ2n) is 5.57. The predicted molar refractivity (Wildman–Crippen MR) is 101 cm³/mol. The smallest absolute Gasteiger partial charge is 0.274 e. The van der Waals surface area contributed by atoms with Crippen molar-refractivity contribution in [2.75, 3.05) is 0 Å². The van der Waals surface area contributed by atoms with Gasteiger partial charge in [0.15, 0.2) is 0 Å². The molecule has 132 valence electrons. The first-order valence-electron chi connectivity index (χ1n) is 7.96. The predicted octanol–water partition coefficient (Wildman–Crippen LogP) is 4.58. The third-order valence-corrected chi connectivity index (χ3v) is 3.93. The maximum atomic E-state index is 11.9. The van der Waals surface area contributed by atoms with Gasteiger partial charge >= 0.3 is 0 Å². The van der Waals surface area contributed by atoms with Gasteiger partial charge in [-0.1, -0.05) is 23.7 Å². The fraction of sp³-hybridized carbons (Fsp3) is 0.100. The molecule has 0 spiro atoms. The standard InChI is InChI=1S/C20H17ClN2O3/c1-14-19(10-11-25-14)20(24)23-22-12-15-4-8-18(9-5-15)26-13-16-2-6-17(21)7-3-16/h2-12H,13H2,1H3,(H,23,24)/b22-12+. The molecule has 0 saturated carbocycles. The van der Waals surface area contributed by atoms with Gasteiger partial charge in [-0.15, -0.1) is 0 Å². The highest BCUT2D eigenvalue weighted by molar-refractivity contribution is 6.30. The molecule has 2 aromatic carbocycles. The fourth-order valence-corrected chi connectivity index (χ4v) is 2.37. The molecule has 0 aliphatic rings. The second kappa shape index (κ2) is 8.36. The highest BCUT2D eigenvalue weighted by Crippen LogP contribution is 2.15. The first-order valence-corrected chi connectivity index (χ1v) is 8.34. The van der Waals surface area contributed by atoms with E-state index in [0.717, 1.165) is 16.9 Å². The minimum Gasteiger partial charge on any atom is -0.489 e. The maximum absolute atomic E-state index is 11.9. The summed E-state index contributed by atoms with van der Waals surface area (Å²) in [5.74, 6) is 0.991. The van der Waals surface area contributed by atoms with E-state index in [2.05, 4.69) is 10.5 Å². The zero-order valence-corrected chi connectivity index (χ0v) is 14.9. The number of hydrogen-bond donors (Lipinski definition) is 1. The number of halogens is 1. The molecule has 1 aromatic heterocycles. The van der Waals surface area contributed by atoms with Crippen LogP contribution < -0.4 is 10.2 Å². The van der Waals surface area contributed by atoms with Gasteiger partial charge in [0.25, 0.3) is 5.91 Å². The Labute approximate surface area is 156 Å². The van der Waals surface area contributed by atoms with Crippen LogP contribution in [0.25, 0.3) is 0 Å². The molecule has 0 aliphatic heterocycles. The molecule has 1 N–H and O–H groups in total. The zero-order valence-electron chi connectivity index (χ0n) is 14.1. The number of carbonyl (C=O) groups is 1. The van der Waals surface area contributed by atoms with Crippen LogP contribution in [0.2, 0.25) is 5.02 Å². The molecule has 6 heteroatoms. The van der Waals surface area contributed by atoms with Gasteiger partial charge in [-0.2, -0.15) is 5.10 Å². The average molecular weight is 369 g/mol. The molecule has 0 radical (unpaired) electrons. The molecule has 26 heavy (non-hydrogen) atoms. The Bertz CT molecular complexity index is 900. The number of aryl methyl sites for hydroxylation is 1. The lowest BCUT2D eigenvalue weighted by molar-refractivity contribution is 0.0953. The maximum Gasteiger partial charge on any atom is 0.274 e. The monoisotopic (exact) mass is 368 g/mol. The Morgan fingerprint density at radius 3 is 2.54 bits per heavy atom. The van der Waals surface area contributed by atoms with Crippen LogP contribution in [0.4, 0.5) is 0 Å². The van der Waals surface area contributed by atoms with E-state index < -0.39 is 0 Å². The quantitative estimate of drug-likeness (QED) is 0.511. The summed E-state index contributed by atoms with van der Waals surface area (Å²) in [7, 11) is 0. The number of hydrazone groups is 1. The number of ether oxygens (including phenoxy) is 1. The van der Waals surface area contributed by atoms with E-state index in [1.807, 2.05) is 48.5 Å². The lowest BCUT2D eigenvalue weighted by Gasteiger charge is -2.06. The van der Waals surface area contributed by atoms with Gasteiger partial charge in [0.2, 0.25) is 0 Å². The van der Waals surface area contributed by atoms with E-state index in [1.54, 1.807) is 19.2 Å². The Morgan fingerprint density at radius 1 is 1.15 bits per heavy atom. The van der Waals surface area contributed by atoms with Gasteiger partial charge in [0, 0.05) is 5.02 Å². The highest BCUT2D eigenvalue weighted by atomic mass is 35.5. The van der Waals surface area contributed by atoms with Crippen molar-refractivity contribution in [3.8, 4) is 5.75 Å². The van der Waals surface area contributed by atoms with Gasteiger partial charge in [-0.05, 0) is 60.5 Å². The number of rotatable bonds is 6. The number of benzene rings is 2. The Morgan fingerprint density at radius 2 is 1.88 bits per heavy atom. The minimum atomic E-state index is -0.310. The van der Waals surface area contributed by atoms with E-state index in [4.69, 9.17) is 20.8 Å². The van der Waals surface area contributed by atoms with Crippen LogP contribution in [-0.4, -0.2) is 12.1 Å². The van der Waals surface area contributed by atoms with Gasteiger partial charge in [-0.3, -0.25) is 4.79 Å². The molecule has 0 fully saturated rings. The third kappa shape index (κ3) is 4.74. The number of nitrogens with zero attached hydrogens (tertiary/aromatic N) is 1. The molecule has 0 unspecified atom stereocenters. The van der Waals surface area contributed by atoms with Crippen molar-refractivity contribution in [1.29, 1.82) is 0 Å². The van der Waals surface area contributed by atoms with Crippen molar-refractivity contribution in [2.24, 2.45) is 5.10 Å². The number of furan rings is 1. The van der Waals surface area contributed by atoms with Crippen LogP contribution in [0, 0.1) is 6.92 Å². The largest absolute Gasteiger partial charge is 0.489 e. The van der Waals surface area contributed by atoms with Crippen LogP contribution in [-0.2, 0) is 6.61 Å². The summed E-state index contributed by atoms with van der Waals surface area (Å²) in [6.45, 7) is 2.19. The van der Waals surface area contributed by atoms with Crippen molar-refractivity contribution in [3.05, 3.63) is 88.3 Å². The summed E-state index contributed by atoms with van der Waals surface area (Å²) in [4.78, 5) is 11.9. The molecule has 0 bridgehead atoms. The van der Waals surface area contributed by atoms with Gasteiger partial charge in [0.1, 0.15) is 18.1 Å². The number of amides is 1. The second-order valence-corrected chi connectivity index (χ2v) is 6.01. The van der Waals surface area contributed by atoms with Crippen LogP contribution in [0.1, 0.15) is 27.2 Å². The summed E-state index contributed by atoms with van der Waals surface area (Å²) >= 11 is 5.86. The lowest BCUT2D eigenvalue weighted by atomic mass is 10.2. The van der Waals surface area contributed by atoms with Crippen molar-refractivity contribution < 1.29 is 13.9 Å². The van der Waals surface area contributed by atoms with Crippen molar-refractivity contribution in [3.63, 3.8) is 0 Å². The zero-order chi connectivity index (χ0) is 18.4. The third-order valence-electron chi connectivity index (χ3n) is 3.68. The first-order chi connectivity index (χ1) is 12.6. The van der Waals surface area contributed by atoms with E-state index in [0.29, 0.717) is 23.0 Å². The number of nitrogens with one attached hydrogen (secondary N) is 1. The summed E-state index contributed by atoms with van der Waals surface area (Å²) in [5, 5.41) is 4.65. The van der Waals surface area contributed by atoms with Crippen LogP contribution in [0.15, 0.2) is 70.4 Å². The van der Waals surface area contributed by atoms with E-state index in [-0.39, 0.29) is 5.91 Å². The molecular weight excluding hydrogens is 352 g/mol. The topological polar surface area (TPSA) is 63.8 Å². The van der Waals surface area contributed by atoms with Gasteiger partial charge < -0.3 is 9.15 Å². The summed E-state index contributed by atoms with van der Waals surface area (Å²) in [5.41, 5.74) is 4.81. The van der Waals surface area contributed by atoms with Crippen molar-refractivity contribution >= 4 is 23.7 Å². The van der Waals surface area contributed by atoms with E-state index >= 15 is 0 Å². The van der Waals surface area contributed by atoms with Crippen LogP contribution in [0.5, 0.6) is 5.75 Å². The molecule has 1 heterocycles. The molecular formula is C20H17ClN2O3. The van der Waals surface area contributed by atoms with E-state index in [1.165, 1.54) is 6.26 Å². The minimum absolute atomic E-state index is 0.310. The molecule has 0 aliphatic carbocycles. The summed E-state index contributed by atoms with van der Waals surface area (Å²) < 4.78 is 10.8. The first kappa shape index (κ1) is 17.8. The Hall–Kier alpha value is -3.05. The molecule has 0 saturated heterocycles. The van der Waals surface area contributed by atoms with Gasteiger partial charge in [0.05, 0.1) is 18.0 Å². The summed E-state index contributed by atoms with van der Waals surface area (Å²) in [6.07, 6.45) is 3.03. The molecule has 3 rings (SSSR count). The fourth-order valence-electron chi connectivity index (χ4n) is 2.24. The highest BCUT2D eigenvalue weighted by Gasteiger charge is 2.09. The number of carbonyl (C=O) groups excluding carboxylic acids is 1. The molecule has 0 atom stereocenters. The molecule has 5 nitrogen and oxygen atoms in total. The molecule has 3 aromatic rings. The van der Waals surface area contributed by atoms with Crippen LogP contribution >= 0.6 is 11.6 Å². The summed E-state index contributed by atoms with van der Waals surface area (Å²) in [6, 6.07) is 16.5. The molecule has 1 amide bonds. The SMILES string of the molecule is Cc1occc1C(=O)N/N=C/c1ccc(OCc2ccc(Cl)cc2)cc1. The number of hydrogen-bond acceptors (Lipinski definition) is 4. The van der Waals surface area contributed by atoms with Crippen molar-refractivity contribution in [1.82, 2.24) is 5.43 Å². The van der Waals surface area contributed by atoms with Gasteiger partial charge in [-0.25, -0.2) is 5.43 Å². The Kier molecular flexibility index (Phi) is 5.71. The lowest BCUT2D eigenvalue weighted by Crippen LogP contribution is -2.17. The van der Waals surface area contributed by atoms with E-state index in [9.17, 15) is 4.79 Å². The van der Waals surface area contributed by atoms with Crippen LogP contribution in [0.3, 0.4) is 0 Å². The normalized spacial score (nSPS) is 10.8. The van der Waals surface area contributed by atoms with Crippen molar-refractivity contribution in [2.45, 2.75) is 13.5 Å².